The molecule has 0 fully saturated rings. The molecule has 0 aliphatic heterocycles. The molecule has 0 heterocycles. The van der Waals surface area contributed by atoms with E-state index in [1.54, 1.807) is 24.3 Å². The van der Waals surface area contributed by atoms with Gasteiger partial charge in [-0.15, -0.1) is 0 Å². The molecular formula is C30H20O2S. The van der Waals surface area contributed by atoms with Crippen molar-refractivity contribution in [2.75, 3.05) is 0 Å². The molecule has 0 N–H and O–H groups in total. The van der Waals surface area contributed by atoms with Crippen LogP contribution in [0.25, 0.3) is 43.4 Å². The number of fused-ring (bicyclic) bond motifs is 4. The van der Waals surface area contributed by atoms with Crippen molar-refractivity contribution in [3.8, 4) is 11.1 Å². The van der Waals surface area contributed by atoms with Gasteiger partial charge in [0.1, 0.15) is 0 Å². The monoisotopic (exact) mass is 444 g/mol. The van der Waals surface area contributed by atoms with Gasteiger partial charge in [-0.1, -0.05) is 97.1 Å². The van der Waals surface area contributed by atoms with Crippen LogP contribution in [0.3, 0.4) is 0 Å². The van der Waals surface area contributed by atoms with E-state index < -0.39 is 9.84 Å². The summed E-state index contributed by atoms with van der Waals surface area (Å²) in [6, 6.07) is 38.9. The van der Waals surface area contributed by atoms with Gasteiger partial charge in [-0.3, -0.25) is 0 Å². The van der Waals surface area contributed by atoms with Crippen molar-refractivity contribution < 1.29 is 8.42 Å². The second kappa shape index (κ2) is 7.58. The molecule has 0 aromatic heterocycles. The van der Waals surface area contributed by atoms with E-state index in [0.29, 0.717) is 9.79 Å². The Morgan fingerprint density at radius 1 is 0.455 bits per heavy atom. The zero-order valence-corrected chi connectivity index (χ0v) is 18.6. The standard InChI is InChI=1S/C30H20O2S/c31-33(32,24-15-5-2-6-16-24)30-28-20-23-14-8-7-13-22(23)19-27(28)25-17-9-10-18-26(25)29(30)21-11-3-1-4-12-21/h1-20H. The Hall–Kier alpha value is -3.95. The highest BCUT2D eigenvalue weighted by Crippen LogP contribution is 2.44. The molecule has 0 radical (unpaired) electrons. The normalized spacial score (nSPS) is 11.9. The highest BCUT2D eigenvalue weighted by atomic mass is 32.2. The van der Waals surface area contributed by atoms with Crippen LogP contribution < -0.4 is 0 Å². The van der Waals surface area contributed by atoms with Gasteiger partial charge in [-0.2, -0.15) is 0 Å². The van der Waals surface area contributed by atoms with Crippen molar-refractivity contribution in [2.45, 2.75) is 9.79 Å². The van der Waals surface area contributed by atoms with Gasteiger partial charge in [-0.05, 0) is 56.8 Å². The van der Waals surface area contributed by atoms with E-state index in [2.05, 4.69) is 18.2 Å². The third-order valence-corrected chi connectivity index (χ3v) is 8.08. The van der Waals surface area contributed by atoms with Gasteiger partial charge in [0.15, 0.2) is 0 Å². The van der Waals surface area contributed by atoms with Crippen LogP contribution in [0.1, 0.15) is 0 Å². The van der Waals surface area contributed by atoms with Crippen LogP contribution in [0.5, 0.6) is 0 Å². The maximum Gasteiger partial charge on any atom is 0.207 e. The average molecular weight is 445 g/mol. The topological polar surface area (TPSA) is 34.1 Å². The van der Waals surface area contributed by atoms with E-state index in [9.17, 15) is 8.42 Å². The van der Waals surface area contributed by atoms with Crippen LogP contribution in [-0.2, 0) is 9.84 Å². The van der Waals surface area contributed by atoms with E-state index in [1.165, 1.54) is 0 Å². The molecule has 0 amide bonds. The Kier molecular flexibility index (Phi) is 4.53. The molecule has 0 spiro atoms. The minimum absolute atomic E-state index is 0.298. The quantitative estimate of drug-likeness (QED) is 0.208. The lowest BCUT2D eigenvalue weighted by Crippen LogP contribution is -2.06. The first-order valence-corrected chi connectivity index (χ1v) is 12.4. The van der Waals surface area contributed by atoms with E-state index in [4.69, 9.17) is 0 Å². The van der Waals surface area contributed by atoms with Gasteiger partial charge < -0.3 is 0 Å². The summed E-state index contributed by atoms with van der Waals surface area (Å²) in [4.78, 5) is 0.659. The SMILES string of the molecule is O=S(=O)(c1ccccc1)c1c(-c2ccccc2)c2ccccc2c2cc3ccccc3cc12. The fourth-order valence-electron chi connectivity index (χ4n) is 4.73. The van der Waals surface area contributed by atoms with Gasteiger partial charge in [0, 0.05) is 10.9 Å². The molecule has 0 aliphatic rings. The fourth-order valence-corrected chi connectivity index (χ4v) is 6.44. The van der Waals surface area contributed by atoms with Crippen molar-refractivity contribution in [3.63, 3.8) is 0 Å². The lowest BCUT2D eigenvalue weighted by molar-refractivity contribution is 0.597. The van der Waals surface area contributed by atoms with Gasteiger partial charge in [0.25, 0.3) is 0 Å². The Balaban J connectivity index is 1.90. The third-order valence-electron chi connectivity index (χ3n) is 6.23. The molecular weight excluding hydrogens is 424 g/mol. The van der Waals surface area contributed by atoms with Crippen LogP contribution in [0.2, 0.25) is 0 Å². The van der Waals surface area contributed by atoms with E-state index in [-0.39, 0.29) is 0 Å². The van der Waals surface area contributed by atoms with E-state index >= 15 is 0 Å². The van der Waals surface area contributed by atoms with Gasteiger partial charge in [-0.25, -0.2) is 8.42 Å². The smallest absolute Gasteiger partial charge is 0.207 e. The van der Waals surface area contributed by atoms with Gasteiger partial charge in [0.05, 0.1) is 9.79 Å². The predicted molar refractivity (Wildman–Crippen MR) is 136 cm³/mol. The minimum Gasteiger partial charge on any atom is -0.218 e. The Morgan fingerprint density at radius 2 is 0.970 bits per heavy atom. The first-order valence-electron chi connectivity index (χ1n) is 10.9. The number of rotatable bonds is 3. The largest absolute Gasteiger partial charge is 0.218 e. The highest BCUT2D eigenvalue weighted by Gasteiger charge is 2.27. The summed E-state index contributed by atoms with van der Waals surface area (Å²) in [5.74, 6) is 0. The molecule has 0 saturated heterocycles. The molecule has 0 atom stereocenters. The lowest BCUT2D eigenvalue weighted by atomic mass is 9.91. The minimum atomic E-state index is -3.80. The molecule has 6 aromatic carbocycles. The molecule has 6 rings (SSSR count). The molecule has 33 heavy (non-hydrogen) atoms. The molecule has 158 valence electrons. The van der Waals surface area contributed by atoms with Crippen LogP contribution >= 0.6 is 0 Å². The van der Waals surface area contributed by atoms with E-state index in [1.807, 2.05) is 78.9 Å². The Bertz CT molecular complexity index is 1750. The molecule has 3 heteroatoms. The summed E-state index contributed by atoms with van der Waals surface area (Å²) in [5, 5.41) is 5.77. The summed E-state index contributed by atoms with van der Waals surface area (Å²) < 4.78 is 28.4. The molecule has 6 aromatic rings. The lowest BCUT2D eigenvalue weighted by Gasteiger charge is -2.19. The van der Waals surface area contributed by atoms with Crippen LogP contribution in [0.4, 0.5) is 0 Å². The number of benzene rings is 6. The van der Waals surface area contributed by atoms with Crippen molar-refractivity contribution in [1.29, 1.82) is 0 Å². The fraction of sp³-hybridized carbons (Fsp3) is 0. The van der Waals surface area contributed by atoms with Crippen LogP contribution in [0, 0.1) is 0 Å². The summed E-state index contributed by atoms with van der Waals surface area (Å²) in [5.41, 5.74) is 1.64. The number of hydrogen-bond donors (Lipinski definition) is 0. The van der Waals surface area contributed by atoms with E-state index in [0.717, 1.165) is 43.4 Å². The second-order valence-electron chi connectivity index (χ2n) is 8.18. The Labute approximate surface area is 192 Å². The summed E-state index contributed by atoms with van der Waals surface area (Å²) in [6.07, 6.45) is 0. The van der Waals surface area contributed by atoms with Gasteiger partial charge >= 0.3 is 0 Å². The maximum absolute atomic E-state index is 14.2. The van der Waals surface area contributed by atoms with Crippen molar-refractivity contribution in [1.82, 2.24) is 0 Å². The zero-order valence-electron chi connectivity index (χ0n) is 17.8. The average Bonchev–Trinajstić information content (AvgIpc) is 2.88. The number of sulfone groups is 1. The summed E-state index contributed by atoms with van der Waals surface area (Å²) in [6.45, 7) is 0. The van der Waals surface area contributed by atoms with Crippen LogP contribution in [0.15, 0.2) is 131 Å². The van der Waals surface area contributed by atoms with Crippen LogP contribution in [-0.4, -0.2) is 8.42 Å². The third kappa shape index (κ3) is 3.12. The van der Waals surface area contributed by atoms with Crippen molar-refractivity contribution in [3.05, 3.63) is 121 Å². The molecule has 0 bridgehead atoms. The number of hydrogen-bond acceptors (Lipinski definition) is 2. The maximum atomic E-state index is 14.2. The first-order chi connectivity index (χ1) is 16.1. The van der Waals surface area contributed by atoms with Crippen molar-refractivity contribution >= 4 is 42.2 Å². The molecule has 0 saturated carbocycles. The predicted octanol–water partition coefficient (Wildman–Crippen LogP) is 7.65. The van der Waals surface area contributed by atoms with Gasteiger partial charge in [0.2, 0.25) is 9.84 Å². The molecule has 0 unspecified atom stereocenters. The molecule has 2 nitrogen and oxygen atoms in total. The Morgan fingerprint density at radius 3 is 1.64 bits per heavy atom. The second-order valence-corrected chi connectivity index (χ2v) is 10.1. The zero-order chi connectivity index (χ0) is 22.4. The summed E-state index contributed by atoms with van der Waals surface area (Å²) in [7, 11) is -3.80. The molecule has 0 aliphatic carbocycles. The first kappa shape index (κ1) is 19.7. The van der Waals surface area contributed by atoms with Crippen molar-refractivity contribution in [2.24, 2.45) is 0 Å². The highest BCUT2D eigenvalue weighted by molar-refractivity contribution is 7.92. The summed E-state index contributed by atoms with van der Waals surface area (Å²) >= 11 is 0.